The number of hydrogen-bond donors (Lipinski definition) is 1. The minimum Gasteiger partial charge on any atom is -0.435 e. The van der Waals surface area contributed by atoms with E-state index >= 15 is 0 Å². The van der Waals surface area contributed by atoms with Gasteiger partial charge in [0.05, 0.1) is 12.6 Å². The molecule has 8 heteroatoms. The number of furan rings is 1. The van der Waals surface area contributed by atoms with E-state index in [0.717, 1.165) is 0 Å². The van der Waals surface area contributed by atoms with Gasteiger partial charge >= 0.3 is 12.5 Å². The van der Waals surface area contributed by atoms with Crippen LogP contribution in [0.2, 0.25) is 0 Å². The third-order valence-electron chi connectivity index (χ3n) is 2.35. The van der Waals surface area contributed by atoms with Crippen LogP contribution in [-0.2, 0) is 6.54 Å². The average Bonchev–Trinajstić information content (AvgIpc) is 2.85. The third-order valence-corrected chi connectivity index (χ3v) is 2.35. The summed E-state index contributed by atoms with van der Waals surface area (Å²) in [5, 5.41) is 13.3. The Bertz CT molecular complexity index is 601. The van der Waals surface area contributed by atoms with Crippen molar-refractivity contribution in [1.82, 2.24) is 0 Å². The molecule has 20 heavy (non-hydrogen) atoms. The largest absolute Gasteiger partial charge is 0.435 e. The number of rotatable bonds is 6. The van der Waals surface area contributed by atoms with Crippen LogP contribution in [0, 0.1) is 10.1 Å². The summed E-state index contributed by atoms with van der Waals surface area (Å²) in [4.78, 5) is 9.80. The topological polar surface area (TPSA) is 77.5 Å². The molecule has 0 fully saturated rings. The Morgan fingerprint density at radius 2 is 2.15 bits per heavy atom. The molecular formula is C12H10F2N2O4. The summed E-state index contributed by atoms with van der Waals surface area (Å²) in [6.07, 6.45) is 0. The summed E-state index contributed by atoms with van der Waals surface area (Å²) >= 11 is 0. The molecule has 2 aromatic rings. The lowest BCUT2D eigenvalue weighted by Gasteiger charge is -2.08. The fourth-order valence-electron chi connectivity index (χ4n) is 1.53. The van der Waals surface area contributed by atoms with Crippen molar-refractivity contribution in [2.45, 2.75) is 13.2 Å². The first-order valence-electron chi connectivity index (χ1n) is 5.56. The molecular weight excluding hydrogens is 274 g/mol. The lowest BCUT2D eigenvalue weighted by molar-refractivity contribution is -0.402. The van der Waals surface area contributed by atoms with Gasteiger partial charge in [-0.1, -0.05) is 6.07 Å². The summed E-state index contributed by atoms with van der Waals surface area (Å²) in [5.74, 6) is 0.0314. The number of alkyl halides is 2. The molecule has 0 aliphatic heterocycles. The van der Waals surface area contributed by atoms with Gasteiger partial charge in [0.1, 0.15) is 16.4 Å². The van der Waals surface area contributed by atoms with E-state index in [1.807, 2.05) is 0 Å². The van der Waals surface area contributed by atoms with Crippen LogP contribution < -0.4 is 10.1 Å². The van der Waals surface area contributed by atoms with Crippen LogP contribution in [0.25, 0.3) is 0 Å². The molecule has 0 unspecified atom stereocenters. The highest BCUT2D eigenvalue weighted by atomic mass is 19.3. The van der Waals surface area contributed by atoms with E-state index < -0.39 is 11.5 Å². The van der Waals surface area contributed by atoms with Crippen LogP contribution in [0.5, 0.6) is 5.75 Å². The van der Waals surface area contributed by atoms with Crippen molar-refractivity contribution in [2.24, 2.45) is 0 Å². The van der Waals surface area contributed by atoms with Gasteiger partial charge in [-0.25, -0.2) is 0 Å². The number of nitrogens with one attached hydrogen (secondary N) is 1. The highest BCUT2D eigenvalue weighted by molar-refractivity contribution is 5.48. The summed E-state index contributed by atoms with van der Waals surface area (Å²) in [7, 11) is 0. The zero-order chi connectivity index (χ0) is 14.5. The van der Waals surface area contributed by atoms with E-state index in [-0.39, 0.29) is 18.2 Å². The van der Waals surface area contributed by atoms with Gasteiger partial charge in [-0.3, -0.25) is 10.1 Å². The second-order valence-electron chi connectivity index (χ2n) is 3.76. The standard InChI is InChI=1S/C12H10F2N2O4/c13-12(14)20-9-3-1-2-8(6-9)15-7-10-4-5-11(19-10)16(17)18/h1-6,12,15H,7H2. The van der Waals surface area contributed by atoms with Crippen molar-refractivity contribution in [1.29, 1.82) is 0 Å². The molecule has 0 spiro atoms. The Labute approximate surface area is 112 Å². The van der Waals surface area contributed by atoms with Crippen LogP contribution >= 0.6 is 0 Å². The highest BCUT2D eigenvalue weighted by Gasteiger charge is 2.11. The molecule has 1 aromatic heterocycles. The lowest BCUT2D eigenvalue weighted by atomic mass is 10.3. The van der Waals surface area contributed by atoms with Crippen molar-refractivity contribution in [3.8, 4) is 5.75 Å². The van der Waals surface area contributed by atoms with Crippen LogP contribution in [-0.4, -0.2) is 11.5 Å². The predicted octanol–water partition coefficient (Wildman–Crippen LogP) is 3.40. The number of halogens is 2. The van der Waals surface area contributed by atoms with Crippen LogP contribution in [0.4, 0.5) is 20.4 Å². The SMILES string of the molecule is O=[N+]([O-])c1ccc(CNc2cccc(OC(F)F)c2)o1. The molecule has 1 N–H and O–H groups in total. The molecule has 6 nitrogen and oxygen atoms in total. The number of hydrogen-bond acceptors (Lipinski definition) is 5. The maximum absolute atomic E-state index is 12.1. The summed E-state index contributed by atoms with van der Waals surface area (Å²) in [5.41, 5.74) is 0.530. The number of anilines is 1. The predicted molar refractivity (Wildman–Crippen MR) is 65.8 cm³/mol. The van der Waals surface area contributed by atoms with E-state index in [0.29, 0.717) is 11.4 Å². The third kappa shape index (κ3) is 3.67. The first kappa shape index (κ1) is 13.8. The van der Waals surface area contributed by atoms with Gasteiger partial charge in [-0.2, -0.15) is 8.78 Å². The highest BCUT2D eigenvalue weighted by Crippen LogP contribution is 2.21. The quantitative estimate of drug-likeness (QED) is 0.649. The molecule has 0 radical (unpaired) electrons. The van der Waals surface area contributed by atoms with Gasteiger partial charge in [0, 0.05) is 11.8 Å². The number of nitro groups is 1. The van der Waals surface area contributed by atoms with E-state index in [4.69, 9.17) is 4.42 Å². The van der Waals surface area contributed by atoms with Crippen molar-refractivity contribution in [3.05, 3.63) is 52.3 Å². The van der Waals surface area contributed by atoms with E-state index in [2.05, 4.69) is 10.1 Å². The van der Waals surface area contributed by atoms with Crippen molar-refractivity contribution >= 4 is 11.6 Å². The van der Waals surface area contributed by atoms with Crippen LogP contribution in [0.15, 0.2) is 40.8 Å². The van der Waals surface area contributed by atoms with Gasteiger partial charge in [0.15, 0.2) is 0 Å². The lowest BCUT2D eigenvalue weighted by Crippen LogP contribution is -2.03. The molecule has 0 aliphatic rings. The molecule has 0 amide bonds. The second kappa shape index (κ2) is 6.00. The monoisotopic (exact) mass is 284 g/mol. The minimum absolute atomic E-state index is 0.0235. The average molecular weight is 284 g/mol. The van der Waals surface area contributed by atoms with Crippen LogP contribution in [0.3, 0.4) is 0 Å². The van der Waals surface area contributed by atoms with Gasteiger partial charge in [0.25, 0.3) is 0 Å². The molecule has 1 heterocycles. The zero-order valence-corrected chi connectivity index (χ0v) is 10.1. The molecule has 2 rings (SSSR count). The molecule has 0 saturated carbocycles. The Hall–Kier alpha value is -2.64. The molecule has 1 aromatic carbocycles. The van der Waals surface area contributed by atoms with Gasteiger partial charge in [-0.15, -0.1) is 0 Å². The van der Waals surface area contributed by atoms with Gasteiger partial charge in [-0.05, 0) is 18.2 Å². The smallest absolute Gasteiger partial charge is 0.433 e. The normalized spacial score (nSPS) is 10.6. The molecule has 0 bridgehead atoms. The minimum atomic E-state index is -2.89. The summed E-state index contributed by atoms with van der Waals surface area (Å²) < 4.78 is 33.3. The Morgan fingerprint density at radius 3 is 2.80 bits per heavy atom. The van der Waals surface area contributed by atoms with Gasteiger partial charge in [0.2, 0.25) is 0 Å². The number of ether oxygens (including phenoxy) is 1. The molecule has 0 saturated heterocycles. The summed E-state index contributed by atoms with van der Waals surface area (Å²) in [6.45, 7) is -2.70. The number of benzene rings is 1. The van der Waals surface area contributed by atoms with E-state index in [1.165, 1.54) is 24.3 Å². The maximum Gasteiger partial charge on any atom is 0.433 e. The van der Waals surface area contributed by atoms with Crippen molar-refractivity contribution in [2.75, 3.05) is 5.32 Å². The fourth-order valence-corrected chi connectivity index (χ4v) is 1.53. The fraction of sp³-hybridized carbons (Fsp3) is 0.167. The second-order valence-corrected chi connectivity index (χ2v) is 3.76. The van der Waals surface area contributed by atoms with Crippen molar-refractivity contribution in [3.63, 3.8) is 0 Å². The van der Waals surface area contributed by atoms with E-state index in [1.54, 1.807) is 12.1 Å². The molecule has 0 atom stereocenters. The maximum atomic E-state index is 12.1. The van der Waals surface area contributed by atoms with Gasteiger partial charge < -0.3 is 14.5 Å². The molecule has 0 aliphatic carbocycles. The zero-order valence-electron chi connectivity index (χ0n) is 10.1. The van der Waals surface area contributed by atoms with Crippen LogP contribution in [0.1, 0.15) is 5.76 Å². The van der Waals surface area contributed by atoms with Crippen molar-refractivity contribution < 1.29 is 22.9 Å². The van der Waals surface area contributed by atoms with E-state index in [9.17, 15) is 18.9 Å². The summed E-state index contributed by atoms with van der Waals surface area (Å²) in [6, 6.07) is 8.69. The Balaban J connectivity index is 1.97. The number of nitrogens with zero attached hydrogens (tertiary/aromatic N) is 1. The Kier molecular flexibility index (Phi) is 4.14. The first-order valence-corrected chi connectivity index (χ1v) is 5.56. The first-order chi connectivity index (χ1) is 9.54. The Morgan fingerprint density at radius 1 is 1.35 bits per heavy atom. The molecule has 106 valence electrons.